The van der Waals surface area contributed by atoms with E-state index in [1.54, 1.807) is 0 Å². The molecule has 2 aliphatic rings. The third-order valence-corrected chi connectivity index (χ3v) is 5.47. The maximum absolute atomic E-state index is 11.5. The summed E-state index contributed by atoms with van der Waals surface area (Å²) in [6.07, 6.45) is 3.21. The first-order chi connectivity index (χ1) is 12.6. The Morgan fingerprint density at radius 2 is 1.89 bits per heavy atom. The van der Waals surface area contributed by atoms with Crippen LogP contribution in [0.2, 0.25) is 0 Å². The molecular weight excluding hydrogens is 343 g/mol. The van der Waals surface area contributed by atoms with Crippen LogP contribution in [0.3, 0.4) is 0 Å². The highest BCUT2D eigenvalue weighted by Crippen LogP contribution is 2.39. The molecule has 1 aromatic carbocycles. The maximum Gasteiger partial charge on any atom is 0.492 e. The standard InChI is InChI=1S/C20H27BN2O4/c1-13(24)22-12-16(21-26-19(2,3)20(4,5)27-21)11-14-6-8-17-15(10-14)7-9-18(25)23-17/h6,8,10-11H,7,9,12H2,1-5H3,(H,22,24)(H,23,25). The molecule has 2 aliphatic heterocycles. The number of carbonyl (C=O) groups excluding carboxylic acids is 2. The third-order valence-electron chi connectivity index (χ3n) is 5.47. The zero-order valence-electron chi connectivity index (χ0n) is 16.6. The second-order valence-electron chi connectivity index (χ2n) is 8.18. The summed E-state index contributed by atoms with van der Waals surface area (Å²) in [7, 11) is -0.530. The molecule has 3 rings (SSSR count). The van der Waals surface area contributed by atoms with Gasteiger partial charge in [0.05, 0.1) is 11.2 Å². The van der Waals surface area contributed by atoms with E-state index in [0.717, 1.165) is 28.7 Å². The topological polar surface area (TPSA) is 76.7 Å². The molecule has 0 radical (unpaired) electrons. The van der Waals surface area contributed by atoms with E-state index in [4.69, 9.17) is 9.31 Å². The van der Waals surface area contributed by atoms with E-state index in [0.29, 0.717) is 13.0 Å². The Balaban J connectivity index is 1.89. The number of aryl methyl sites for hydroxylation is 1. The Bertz CT molecular complexity index is 785. The van der Waals surface area contributed by atoms with Gasteiger partial charge in [-0.15, -0.1) is 0 Å². The van der Waals surface area contributed by atoms with Crippen LogP contribution in [0.1, 0.15) is 52.2 Å². The molecule has 144 valence electrons. The summed E-state index contributed by atoms with van der Waals surface area (Å²) >= 11 is 0. The van der Waals surface area contributed by atoms with E-state index in [2.05, 4.69) is 16.7 Å². The second kappa shape index (κ2) is 7.13. The highest BCUT2D eigenvalue weighted by molar-refractivity contribution is 6.56. The summed E-state index contributed by atoms with van der Waals surface area (Å²) in [5.41, 5.74) is 2.91. The van der Waals surface area contributed by atoms with Crippen molar-refractivity contribution in [3.8, 4) is 0 Å². The van der Waals surface area contributed by atoms with Gasteiger partial charge in [-0.2, -0.15) is 0 Å². The first kappa shape index (κ1) is 19.6. The van der Waals surface area contributed by atoms with E-state index in [1.165, 1.54) is 6.92 Å². The van der Waals surface area contributed by atoms with Gasteiger partial charge in [0, 0.05) is 25.6 Å². The maximum atomic E-state index is 11.5. The SMILES string of the molecule is CC(=O)NCC(=Cc1ccc2c(c1)CCC(=O)N2)B1OC(C)(C)C(C)(C)O1. The average Bonchev–Trinajstić information content (AvgIpc) is 2.79. The molecule has 1 saturated heterocycles. The summed E-state index contributed by atoms with van der Waals surface area (Å²) in [4.78, 5) is 23.0. The first-order valence-electron chi connectivity index (χ1n) is 9.31. The number of anilines is 1. The summed E-state index contributed by atoms with van der Waals surface area (Å²) < 4.78 is 12.3. The van der Waals surface area contributed by atoms with Crippen molar-refractivity contribution in [3.63, 3.8) is 0 Å². The van der Waals surface area contributed by atoms with E-state index >= 15 is 0 Å². The largest absolute Gasteiger partial charge is 0.492 e. The molecule has 1 aromatic rings. The Labute approximate surface area is 160 Å². The molecule has 2 amide bonds. The molecule has 0 aromatic heterocycles. The lowest BCUT2D eigenvalue weighted by Gasteiger charge is -2.32. The van der Waals surface area contributed by atoms with Crippen molar-refractivity contribution in [2.45, 2.75) is 58.7 Å². The molecule has 0 atom stereocenters. The number of hydrogen-bond acceptors (Lipinski definition) is 4. The Morgan fingerprint density at radius 3 is 2.52 bits per heavy atom. The number of fused-ring (bicyclic) bond motifs is 1. The van der Waals surface area contributed by atoms with Gasteiger partial charge in [-0.1, -0.05) is 12.1 Å². The number of nitrogens with one attached hydrogen (secondary N) is 2. The van der Waals surface area contributed by atoms with Crippen LogP contribution in [-0.4, -0.2) is 36.7 Å². The molecule has 0 saturated carbocycles. The number of carbonyl (C=O) groups is 2. The van der Waals surface area contributed by atoms with Gasteiger partial charge >= 0.3 is 7.12 Å². The van der Waals surface area contributed by atoms with Crippen LogP contribution < -0.4 is 10.6 Å². The number of amides is 2. The minimum absolute atomic E-state index is 0.0503. The fourth-order valence-electron chi connectivity index (χ4n) is 3.13. The smallest absolute Gasteiger partial charge is 0.400 e. The van der Waals surface area contributed by atoms with E-state index in [9.17, 15) is 9.59 Å². The molecule has 0 bridgehead atoms. The average molecular weight is 370 g/mol. The van der Waals surface area contributed by atoms with Crippen molar-refractivity contribution in [2.24, 2.45) is 0 Å². The van der Waals surface area contributed by atoms with Gasteiger partial charge in [-0.3, -0.25) is 9.59 Å². The molecule has 0 aliphatic carbocycles. The molecule has 1 fully saturated rings. The Hall–Kier alpha value is -2.12. The fraction of sp³-hybridized carbons (Fsp3) is 0.500. The summed E-state index contributed by atoms with van der Waals surface area (Å²) in [6.45, 7) is 9.85. The number of benzene rings is 1. The van der Waals surface area contributed by atoms with Gasteiger partial charge in [0.25, 0.3) is 0 Å². The van der Waals surface area contributed by atoms with Gasteiger partial charge in [-0.05, 0) is 62.8 Å². The minimum Gasteiger partial charge on any atom is -0.400 e. The minimum atomic E-state index is -0.530. The molecule has 2 N–H and O–H groups in total. The zero-order chi connectivity index (χ0) is 19.8. The van der Waals surface area contributed by atoms with Crippen LogP contribution in [0.15, 0.2) is 23.7 Å². The van der Waals surface area contributed by atoms with Crippen LogP contribution in [0.4, 0.5) is 5.69 Å². The highest BCUT2D eigenvalue weighted by atomic mass is 16.7. The fourth-order valence-corrected chi connectivity index (χ4v) is 3.13. The quantitative estimate of drug-likeness (QED) is 0.799. The summed E-state index contributed by atoms with van der Waals surface area (Å²) in [5.74, 6) is -0.0556. The van der Waals surface area contributed by atoms with Crippen LogP contribution >= 0.6 is 0 Å². The van der Waals surface area contributed by atoms with Crippen LogP contribution in [0.5, 0.6) is 0 Å². The predicted octanol–water partition coefficient (Wildman–Crippen LogP) is 2.72. The van der Waals surface area contributed by atoms with Crippen LogP contribution in [0, 0.1) is 0 Å². The van der Waals surface area contributed by atoms with E-state index in [1.807, 2.05) is 45.9 Å². The summed E-state index contributed by atoms with van der Waals surface area (Å²) in [6, 6.07) is 5.93. The van der Waals surface area contributed by atoms with E-state index < -0.39 is 18.3 Å². The van der Waals surface area contributed by atoms with Crippen molar-refractivity contribution in [2.75, 3.05) is 11.9 Å². The lowest BCUT2D eigenvalue weighted by atomic mass is 9.76. The molecule has 0 spiro atoms. The van der Waals surface area contributed by atoms with Crippen LogP contribution in [-0.2, 0) is 25.3 Å². The van der Waals surface area contributed by atoms with Gasteiger partial charge in [-0.25, -0.2) is 0 Å². The van der Waals surface area contributed by atoms with Crippen molar-refractivity contribution in [1.82, 2.24) is 5.32 Å². The molecule has 2 heterocycles. The number of hydrogen-bond donors (Lipinski definition) is 2. The first-order valence-corrected chi connectivity index (χ1v) is 9.31. The van der Waals surface area contributed by atoms with Gasteiger partial charge in [0.1, 0.15) is 0 Å². The van der Waals surface area contributed by atoms with Gasteiger partial charge in [0.2, 0.25) is 11.8 Å². The highest BCUT2D eigenvalue weighted by Gasteiger charge is 2.52. The zero-order valence-corrected chi connectivity index (χ0v) is 16.6. The lowest BCUT2D eigenvalue weighted by Crippen LogP contribution is -2.41. The summed E-state index contributed by atoms with van der Waals surface area (Å²) in [5, 5.41) is 5.73. The molecular formula is C20H27BN2O4. The molecule has 0 unspecified atom stereocenters. The normalized spacial score (nSPS) is 20.9. The van der Waals surface area contributed by atoms with Crippen molar-refractivity contribution < 1.29 is 18.9 Å². The molecule has 6 nitrogen and oxygen atoms in total. The predicted molar refractivity (Wildman–Crippen MR) is 106 cm³/mol. The Morgan fingerprint density at radius 1 is 1.22 bits per heavy atom. The van der Waals surface area contributed by atoms with E-state index in [-0.39, 0.29) is 11.8 Å². The van der Waals surface area contributed by atoms with Crippen LogP contribution in [0.25, 0.3) is 6.08 Å². The Kier molecular flexibility index (Phi) is 5.19. The van der Waals surface area contributed by atoms with Gasteiger partial charge in [0.15, 0.2) is 0 Å². The second-order valence-corrected chi connectivity index (χ2v) is 8.18. The van der Waals surface area contributed by atoms with Crippen molar-refractivity contribution >= 4 is 30.7 Å². The number of rotatable bonds is 4. The van der Waals surface area contributed by atoms with Crippen molar-refractivity contribution in [1.29, 1.82) is 0 Å². The monoisotopic (exact) mass is 370 g/mol. The molecule has 27 heavy (non-hydrogen) atoms. The van der Waals surface area contributed by atoms with Crippen molar-refractivity contribution in [3.05, 3.63) is 34.8 Å². The third kappa shape index (κ3) is 4.25. The van der Waals surface area contributed by atoms with Gasteiger partial charge < -0.3 is 19.9 Å². The molecule has 7 heteroatoms. The lowest BCUT2D eigenvalue weighted by molar-refractivity contribution is -0.119.